The third kappa shape index (κ3) is 5.35. The Morgan fingerprint density at radius 3 is 1.95 bits per heavy atom. The standard InChI is InChI=1S/C53H33N3OS/c1-2-13-36-31-37(30-25-32(36)11-1)51-54-52(56-53(55-51)44-21-8-19-42-41-16-5-6-24-47(41)58-50(42)44)43-20-10-23-46-49(43)48-40(18-9-22-45(48)57-46)35-28-26-34(27-29-35)39-17-7-14-33-12-3-4-15-38(33)39/h1-31,42,50H. The van der Waals surface area contributed by atoms with Gasteiger partial charge in [0.15, 0.2) is 17.5 Å². The molecule has 3 heterocycles. The second-order valence-electron chi connectivity index (χ2n) is 15.0. The largest absolute Gasteiger partial charge is 0.456 e. The number of thioether (sulfide) groups is 1. The average molecular weight is 760 g/mol. The van der Waals surface area contributed by atoms with Crippen LogP contribution in [0, 0.1) is 0 Å². The molecule has 10 aromatic rings. The lowest BCUT2D eigenvalue weighted by Crippen LogP contribution is -2.16. The zero-order chi connectivity index (χ0) is 38.2. The van der Waals surface area contributed by atoms with Crippen LogP contribution in [0.3, 0.4) is 0 Å². The first kappa shape index (κ1) is 33.1. The Morgan fingerprint density at radius 2 is 1.09 bits per heavy atom. The Labute approximate surface area is 339 Å². The van der Waals surface area contributed by atoms with E-state index in [2.05, 4.69) is 176 Å². The topological polar surface area (TPSA) is 51.8 Å². The number of nitrogens with zero attached hydrogens (tertiary/aromatic N) is 3. The molecule has 4 nitrogen and oxygen atoms in total. The van der Waals surface area contributed by atoms with Crippen LogP contribution < -0.4 is 0 Å². The Morgan fingerprint density at radius 1 is 0.466 bits per heavy atom. The maximum Gasteiger partial charge on any atom is 0.164 e. The molecule has 12 rings (SSSR count). The normalized spacial score (nSPS) is 15.9. The average Bonchev–Trinajstić information content (AvgIpc) is 3.87. The van der Waals surface area contributed by atoms with Gasteiger partial charge in [0.2, 0.25) is 0 Å². The molecule has 1 aliphatic heterocycles. The smallest absolute Gasteiger partial charge is 0.164 e. The van der Waals surface area contributed by atoms with E-state index in [1.54, 1.807) is 0 Å². The van der Waals surface area contributed by atoms with Crippen molar-refractivity contribution in [2.75, 3.05) is 0 Å². The fraction of sp³-hybridized carbons (Fsp3) is 0.0377. The minimum atomic E-state index is 0.163. The Bertz CT molecular complexity index is 3340. The Balaban J connectivity index is 1.03. The molecule has 58 heavy (non-hydrogen) atoms. The number of benzene rings is 8. The summed E-state index contributed by atoms with van der Waals surface area (Å²) in [5.74, 6) is 2.21. The van der Waals surface area contributed by atoms with Crippen LogP contribution in [0.15, 0.2) is 197 Å². The Hall–Kier alpha value is -7.08. The number of hydrogen-bond donors (Lipinski definition) is 0. The first-order valence-corrected chi connectivity index (χ1v) is 20.5. The monoisotopic (exact) mass is 759 g/mol. The summed E-state index contributed by atoms with van der Waals surface area (Å²) in [6, 6.07) is 60.1. The molecule has 272 valence electrons. The molecular formula is C53H33N3OS. The van der Waals surface area contributed by atoms with Gasteiger partial charge < -0.3 is 4.42 Å². The molecule has 0 N–H and O–H groups in total. The van der Waals surface area contributed by atoms with Gasteiger partial charge in [-0.1, -0.05) is 164 Å². The summed E-state index contributed by atoms with van der Waals surface area (Å²) in [5, 5.41) is 7.00. The minimum absolute atomic E-state index is 0.163. The van der Waals surface area contributed by atoms with Gasteiger partial charge in [0, 0.05) is 43.5 Å². The molecule has 0 amide bonds. The highest BCUT2D eigenvalue weighted by Crippen LogP contribution is 2.52. The van der Waals surface area contributed by atoms with Crippen molar-refractivity contribution in [3.05, 3.63) is 199 Å². The minimum Gasteiger partial charge on any atom is -0.456 e. The van der Waals surface area contributed by atoms with Gasteiger partial charge in [-0.15, -0.1) is 11.8 Å². The van der Waals surface area contributed by atoms with Gasteiger partial charge in [-0.25, -0.2) is 15.0 Å². The van der Waals surface area contributed by atoms with Crippen molar-refractivity contribution in [3.8, 4) is 45.0 Å². The van der Waals surface area contributed by atoms with E-state index >= 15 is 0 Å². The van der Waals surface area contributed by atoms with E-state index in [-0.39, 0.29) is 11.2 Å². The van der Waals surface area contributed by atoms with Crippen LogP contribution >= 0.6 is 11.8 Å². The van der Waals surface area contributed by atoms with Gasteiger partial charge in [0.25, 0.3) is 0 Å². The molecule has 0 spiro atoms. The molecule has 2 unspecified atom stereocenters. The molecular weight excluding hydrogens is 727 g/mol. The fourth-order valence-corrected chi connectivity index (χ4v) is 10.4. The van der Waals surface area contributed by atoms with Crippen molar-refractivity contribution in [3.63, 3.8) is 0 Å². The van der Waals surface area contributed by atoms with E-state index in [0.29, 0.717) is 17.5 Å². The van der Waals surface area contributed by atoms with Gasteiger partial charge >= 0.3 is 0 Å². The van der Waals surface area contributed by atoms with Crippen LogP contribution in [0.25, 0.3) is 94.1 Å². The zero-order valence-electron chi connectivity index (χ0n) is 31.2. The van der Waals surface area contributed by atoms with Gasteiger partial charge in [0.1, 0.15) is 11.2 Å². The van der Waals surface area contributed by atoms with Crippen LogP contribution in [0.5, 0.6) is 0 Å². The second-order valence-corrected chi connectivity index (χ2v) is 16.2. The number of rotatable bonds is 5. The molecule has 0 saturated heterocycles. The van der Waals surface area contributed by atoms with Crippen molar-refractivity contribution < 1.29 is 4.42 Å². The van der Waals surface area contributed by atoms with Crippen LogP contribution in [0.2, 0.25) is 0 Å². The molecule has 2 atom stereocenters. The summed E-state index contributed by atoms with van der Waals surface area (Å²) in [5.41, 5.74) is 10.6. The third-order valence-corrected chi connectivity index (χ3v) is 13.1. The molecule has 1 aliphatic carbocycles. The highest BCUT2D eigenvalue weighted by atomic mass is 32.2. The summed E-state index contributed by atoms with van der Waals surface area (Å²) >= 11 is 1.90. The molecule has 2 aromatic heterocycles. The predicted octanol–water partition coefficient (Wildman–Crippen LogP) is 14.0. The summed E-state index contributed by atoms with van der Waals surface area (Å²) in [7, 11) is 0. The first-order valence-electron chi connectivity index (χ1n) is 19.7. The summed E-state index contributed by atoms with van der Waals surface area (Å²) in [6.07, 6.45) is 6.67. The lowest BCUT2D eigenvalue weighted by atomic mass is 9.88. The van der Waals surface area contributed by atoms with Gasteiger partial charge in [-0.3, -0.25) is 0 Å². The van der Waals surface area contributed by atoms with E-state index in [1.165, 1.54) is 37.7 Å². The summed E-state index contributed by atoms with van der Waals surface area (Å²) in [4.78, 5) is 17.2. The molecule has 8 aromatic carbocycles. The van der Waals surface area contributed by atoms with E-state index < -0.39 is 0 Å². The fourth-order valence-electron chi connectivity index (χ4n) is 8.96. The number of furan rings is 1. The SMILES string of the molecule is C1=CC2c3ccccc3SC2C(c2nc(-c3ccc4ccccc4c3)nc(-c3cccc4oc5cccc(-c6ccc(-c7cccc8ccccc78)cc6)c5c34)n2)=C1. The van der Waals surface area contributed by atoms with Crippen molar-refractivity contribution in [2.24, 2.45) is 0 Å². The number of fused-ring (bicyclic) bond motifs is 8. The second kappa shape index (κ2) is 13.3. The molecule has 0 bridgehead atoms. The lowest BCUT2D eigenvalue weighted by molar-refractivity contribution is 0.669. The molecule has 0 saturated carbocycles. The number of aromatic nitrogens is 3. The van der Waals surface area contributed by atoms with Crippen LogP contribution in [0.1, 0.15) is 17.3 Å². The molecule has 5 heteroatoms. The third-order valence-electron chi connectivity index (χ3n) is 11.7. The van der Waals surface area contributed by atoms with E-state index in [9.17, 15) is 0 Å². The van der Waals surface area contributed by atoms with Crippen LogP contribution in [0.4, 0.5) is 0 Å². The number of hydrogen-bond acceptors (Lipinski definition) is 5. The van der Waals surface area contributed by atoms with Gasteiger partial charge in [0.05, 0.1) is 0 Å². The van der Waals surface area contributed by atoms with Gasteiger partial charge in [-0.05, 0) is 73.6 Å². The van der Waals surface area contributed by atoms with Gasteiger partial charge in [-0.2, -0.15) is 0 Å². The summed E-state index contributed by atoms with van der Waals surface area (Å²) < 4.78 is 6.63. The van der Waals surface area contributed by atoms with Crippen molar-refractivity contribution in [2.45, 2.75) is 16.1 Å². The quantitative estimate of drug-likeness (QED) is 0.175. The van der Waals surface area contributed by atoms with Crippen molar-refractivity contribution in [1.82, 2.24) is 15.0 Å². The highest BCUT2D eigenvalue weighted by Gasteiger charge is 2.37. The van der Waals surface area contributed by atoms with Crippen molar-refractivity contribution in [1.29, 1.82) is 0 Å². The van der Waals surface area contributed by atoms with Crippen molar-refractivity contribution >= 4 is 60.8 Å². The maximum absolute atomic E-state index is 6.63. The molecule has 0 radical (unpaired) electrons. The van der Waals surface area contributed by atoms with E-state index in [0.717, 1.165) is 55.2 Å². The van der Waals surface area contributed by atoms with E-state index in [4.69, 9.17) is 19.4 Å². The predicted molar refractivity (Wildman–Crippen MR) is 240 cm³/mol. The summed E-state index contributed by atoms with van der Waals surface area (Å²) in [6.45, 7) is 0. The molecule has 2 aliphatic rings. The lowest BCUT2D eigenvalue weighted by Gasteiger charge is -2.22. The number of allylic oxidation sites excluding steroid dienone is 3. The maximum atomic E-state index is 6.63. The Kier molecular flexibility index (Phi) is 7.57. The van der Waals surface area contributed by atoms with Crippen LogP contribution in [-0.2, 0) is 0 Å². The van der Waals surface area contributed by atoms with E-state index in [1.807, 2.05) is 23.9 Å². The highest BCUT2D eigenvalue weighted by molar-refractivity contribution is 8.00. The van der Waals surface area contributed by atoms with Crippen LogP contribution in [-0.4, -0.2) is 20.2 Å². The first-order chi connectivity index (χ1) is 28.7. The zero-order valence-corrected chi connectivity index (χ0v) is 32.0. The molecule has 0 fully saturated rings.